The normalized spacial score (nSPS) is 9.31. The van der Waals surface area contributed by atoms with Crippen molar-refractivity contribution < 1.29 is 14.5 Å². The number of nitriles is 1. The molecule has 1 aromatic carbocycles. The smallest absolute Gasteiger partial charge is 0.339 e. The monoisotopic (exact) mass is 240 g/mol. The molecular weight excluding hydrogens is 236 g/mol. The summed E-state index contributed by atoms with van der Waals surface area (Å²) in [5, 5.41) is 19.0. The summed E-state index contributed by atoms with van der Waals surface area (Å²) in [6.07, 6.45) is 0. The van der Waals surface area contributed by atoms with Gasteiger partial charge < -0.3 is 4.74 Å². The molecule has 1 aromatic rings. The van der Waals surface area contributed by atoms with Gasteiger partial charge in [-0.15, -0.1) is 0 Å². The van der Waals surface area contributed by atoms with Crippen molar-refractivity contribution in [2.24, 2.45) is 0 Å². The first-order chi connectivity index (χ1) is 7.52. The number of nitrogens with zero attached hydrogens (tertiary/aromatic N) is 2. The van der Waals surface area contributed by atoms with Crippen LogP contribution in [-0.4, -0.2) is 18.0 Å². The molecule has 0 aromatic heterocycles. The van der Waals surface area contributed by atoms with Gasteiger partial charge in [-0.3, -0.25) is 10.1 Å². The number of halogens is 1. The second-order valence-electron chi connectivity index (χ2n) is 2.68. The maximum Gasteiger partial charge on any atom is 0.339 e. The molecule has 0 fully saturated rings. The number of methoxy groups -OCH3 is 1. The Hall–Kier alpha value is -2.13. The third-order valence-corrected chi connectivity index (χ3v) is 2.23. The van der Waals surface area contributed by atoms with E-state index in [0.29, 0.717) is 0 Å². The Balaban J connectivity index is 3.48. The van der Waals surface area contributed by atoms with Crippen LogP contribution in [0.15, 0.2) is 12.1 Å². The van der Waals surface area contributed by atoms with Crippen LogP contribution in [0.25, 0.3) is 0 Å². The molecule has 16 heavy (non-hydrogen) atoms. The van der Waals surface area contributed by atoms with Crippen molar-refractivity contribution in [1.29, 1.82) is 5.26 Å². The van der Waals surface area contributed by atoms with E-state index in [1.165, 1.54) is 0 Å². The average molecular weight is 241 g/mol. The number of ether oxygens (including phenoxy) is 1. The summed E-state index contributed by atoms with van der Waals surface area (Å²) in [6, 6.07) is 3.77. The second kappa shape index (κ2) is 4.59. The maximum atomic E-state index is 11.2. The van der Waals surface area contributed by atoms with Crippen molar-refractivity contribution in [3.8, 4) is 6.07 Å². The Kier molecular flexibility index (Phi) is 3.43. The van der Waals surface area contributed by atoms with E-state index in [4.69, 9.17) is 16.9 Å². The highest BCUT2D eigenvalue weighted by molar-refractivity contribution is 6.35. The van der Waals surface area contributed by atoms with Crippen LogP contribution in [-0.2, 0) is 4.74 Å². The van der Waals surface area contributed by atoms with E-state index in [1.807, 2.05) is 0 Å². The van der Waals surface area contributed by atoms with Crippen molar-refractivity contribution in [3.63, 3.8) is 0 Å². The van der Waals surface area contributed by atoms with Crippen molar-refractivity contribution in [2.45, 2.75) is 0 Å². The van der Waals surface area contributed by atoms with Gasteiger partial charge in [0, 0.05) is 6.07 Å². The van der Waals surface area contributed by atoms with E-state index in [2.05, 4.69) is 4.74 Å². The second-order valence-corrected chi connectivity index (χ2v) is 3.06. The largest absolute Gasteiger partial charge is 0.465 e. The minimum Gasteiger partial charge on any atom is -0.465 e. The predicted octanol–water partition coefficient (Wildman–Crippen LogP) is 1.91. The predicted molar refractivity (Wildman–Crippen MR) is 54.2 cm³/mol. The van der Waals surface area contributed by atoms with Crippen LogP contribution in [0.2, 0.25) is 5.02 Å². The van der Waals surface area contributed by atoms with E-state index < -0.39 is 16.6 Å². The number of nitro groups is 1. The average Bonchev–Trinajstić information content (AvgIpc) is 2.27. The Labute approximate surface area is 95.2 Å². The fraction of sp³-hybridized carbons (Fsp3) is 0.111. The first kappa shape index (κ1) is 11.9. The molecule has 0 N–H and O–H groups in total. The number of benzene rings is 1. The number of nitro benzene ring substituents is 1. The molecule has 0 aliphatic rings. The van der Waals surface area contributed by atoms with E-state index in [1.54, 1.807) is 6.07 Å². The lowest BCUT2D eigenvalue weighted by Gasteiger charge is -2.03. The van der Waals surface area contributed by atoms with Gasteiger partial charge in [-0.25, -0.2) is 4.79 Å². The van der Waals surface area contributed by atoms with Crippen molar-refractivity contribution >= 4 is 23.3 Å². The lowest BCUT2D eigenvalue weighted by Crippen LogP contribution is -2.04. The molecule has 0 saturated carbocycles. The number of hydrogen-bond acceptors (Lipinski definition) is 5. The molecule has 6 nitrogen and oxygen atoms in total. The van der Waals surface area contributed by atoms with Gasteiger partial charge in [0.25, 0.3) is 5.69 Å². The summed E-state index contributed by atoms with van der Waals surface area (Å²) in [5.74, 6) is -0.753. The van der Waals surface area contributed by atoms with E-state index >= 15 is 0 Å². The SMILES string of the molecule is COC(=O)c1ccc([N+](=O)[O-])c(C#N)c1Cl. The van der Waals surface area contributed by atoms with Crippen molar-refractivity contribution in [2.75, 3.05) is 7.11 Å². The van der Waals surface area contributed by atoms with Crippen LogP contribution < -0.4 is 0 Å². The highest BCUT2D eigenvalue weighted by Crippen LogP contribution is 2.29. The van der Waals surface area contributed by atoms with Crippen LogP contribution in [0, 0.1) is 21.4 Å². The van der Waals surface area contributed by atoms with Gasteiger partial charge >= 0.3 is 5.97 Å². The number of carbonyl (C=O) groups excluding carboxylic acids is 1. The zero-order valence-electron chi connectivity index (χ0n) is 8.06. The molecule has 0 aliphatic carbocycles. The van der Waals surface area contributed by atoms with Gasteiger partial charge in [0.15, 0.2) is 0 Å². The zero-order valence-corrected chi connectivity index (χ0v) is 8.82. The van der Waals surface area contributed by atoms with E-state index in [-0.39, 0.29) is 16.1 Å². The molecule has 0 bridgehead atoms. The zero-order chi connectivity index (χ0) is 12.3. The van der Waals surface area contributed by atoms with Crippen LogP contribution in [0.3, 0.4) is 0 Å². The number of esters is 1. The van der Waals surface area contributed by atoms with Gasteiger partial charge in [-0.05, 0) is 6.07 Å². The first-order valence-electron chi connectivity index (χ1n) is 3.98. The van der Waals surface area contributed by atoms with Crippen LogP contribution >= 0.6 is 11.6 Å². The molecule has 0 atom stereocenters. The lowest BCUT2D eigenvalue weighted by atomic mass is 10.1. The van der Waals surface area contributed by atoms with Gasteiger partial charge in [-0.1, -0.05) is 11.6 Å². The van der Waals surface area contributed by atoms with Gasteiger partial charge in [-0.2, -0.15) is 5.26 Å². The third-order valence-electron chi connectivity index (χ3n) is 1.83. The Morgan fingerprint density at radius 2 is 2.25 bits per heavy atom. The molecule has 0 unspecified atom stereocenters. The van der Waals surface area contributed by atoms with Crippen molar-refractivity contribution in [3.05, 3.63) is 38.4 Å². The molecule has 7 heteroatoms. The van der Waals surface area contributed by atoms with Crippen LogP contribution in [0.1, 0.15) is 15.9 Å². The summed E-state index contributed by atoms with van der Waals surface area (Å²) in [6.45, 7) is 0. The molecular formula is C9H5ClN2O4. The summed E-state index contributed by atoms with van der Waals surface area (Å²) < 4.78 is 4.41. The van der Waals surface area contributed by atoms with Crippen LogP contribution in [0.5, 0.6) is 0 Å². The van der Waals surface area contributed by atoms with Gasteiger partial charge in [0.1, 0.15) is 11.6 Å². The molecule has 0 spiro atoms. The molecule has 0 amide bonds. The molecule has 1 rings (SSSR count). The summed E-state index contributed by atoms with van der Waals surface area (Å²) in [5.41, 5.74) is -0.874. The summed E-state index contributed by atoms with van der Waals surface area (Å²) in [7, 11) is 1.14. The number of carbonyl (C=O) groups is 1. The molecule has 0 saturated heterocycles. The van der Waals surface area contributed by atoms with E-state index in [9.17, 15) is 14.9 Å². The Morgan fingerprint density at radius 1 is 1.62 bits per heavy atom. The number of hydrogen-bond donors (Lipinski definition) is 0. The minimum absolute atomic E-state index is 0.0775. The van der Waals surface area contributed by atoms with Gasteiger partial charge in [0.2, 0.25) is 0 Å². The van der Waals surface area contributed by atoms with E-state index in [0.717, 1.165) is 19.2 Å². The number of rotatable bonds is 2. The summed E-state index contributed by atoms with van der Waals surface area (Å²) in [4.78, 5) is 21.0. The standard InChI is InChI=1S/C9H5ClN2O4/c1-16-9(13)5-2-3-7(12(14)15)6(4-11)8(5)10/h2-3H,1H3. The molecule has 82 valence electrons. The first-order valence-corrected chi connectivity index (χ1v) is 4.36. The fourth-order valence-corrected chi connectivity index (χ4v) is 1.37. The highest BCUT2D eigenvalue weighted by Gasteiger charge is 2.22. The maximum absolute atomic E-state index is 11.2. The lowest BCUT2D eigenvalue weighted by molar-refractivity contribution is -0.385. The van der Waals surface area contributed by atoms with Crippen LogP contribution in [0.4, 0.5) is 5.69 Å². The van der Waals surface area contributed by atoms with Gasteiger partial charge in [0.05, 0.1) is 22.6 Å². The quantitative estimate of drug-likeness (QED) is 0.447. The topological polar surface area (TPSA) is 93.2 Å². The molecule has 0 radical (unpaired) electrons. The fourth-order valence-electron chi connectivity index (χ4n) is 1.09. The minimum atomic E-state index is -0.753. The third kappa shape index (κ3) is 1.94. The summed E-state index contributed by atoms with van der Waals surface area (Å²) >= 11 is 5.70. The highest BCUT2D eigenvalue weighted by atomic mass is 35.5. The molecule has 0 aliphatic heterocycles. The Bertz CT molecular complexity index is 507. The molecule has 0 heterocycles. The van der Waals surface area contributed by atoms with Crippen molar-refractivity contribution in [1.82, 2.24) is 0 Å². The Morgan fingerprint density at radius 3 is 2.69 bits per heavy atom.